The molecule has 2 heteroatoms. The largest absolute Gasteiger partial charge is 0.377 e. The molecular weight excluding hydrogens is 174 g/mol. The van der Waals surface area contributed by atoms with Crippen LogP contribution in [0.2, 0.25) is 0 Å². The van der Waals surface area contributed by atoms with Crippen molar-refractivity contribution in [3.8, 4) is 6.07 Å². The summed E-state index contributed by atoms with van der Waals surface area (Å²) in [6, 6.07) is 12.3. The maximum atomic E-state index is 8.43. The van der Waals surface area contributed by atoms with E-state index >= 15 is 0 Å². The van der Waals surface area contributed by atoms with E-state index in [1.807, 2.05) is 18.2 Å². The van der Waals surface area contributed by atoms with Crippen LogP contribution in [0, 0.1) is 11.3 Å². The monoisotopic (exact) mass is 189 g/mol. The Hall–Kier alpha value is -1.33. The summed E-state index contributed by atoms with van der Waals surface area (Å²) in [6.07, 6.45) is 2.54. The maximum Gasteiger partial charge on any atom is 0.0821 e. The lowest BCUT2D eigenvalue weighted by Crippen LogP contribution is -2.00. The van der Waals surface area contributed by atoms with Crippen LogP contribution in [0.5, 0.6) is 0 Å². The van der Waals surface area contributed by atoms with Gasteiger partial charge in [-0.05, 0) is 18.4 Å². The average molecular weight is 189 g/mol. The van der Waals surface area contributed by atoms with Crippen LogP contribution >= 0.6 is 0 Å². The SMILES string of the molecule is COC(CCCC#N)c1ccccc1. The molecule has 14 heavy (non-hydrogen) atoms. The molecule has 0 aliphatic carbocycles. The summed E-state index contributed by atoms with van der Waals surface area (Å²) >= 11 is 0. The van der Waals surface area contributed by atoms with Crippen LogP contribution in [0.4, 0.5) is 0 Å². The van der Waals surface area contributed by atoms with Crippen molar-refractivity contribution in [2.24, 2.45) is 0 Å². The molecule has 0 fully saturated rings. The summed E-state index contributed by atoms with van der Waals surface area (Å²) in [5.41, 5.74) is 1.19. The second-order valence-electron chi connectivity index (χ2n) is 3.19. The number of benzene rings is 1. The van der Waals surface area contributed by atoms with Gasteiger partial charge in [0.15, 0.2) is 0 Å². The molecule has 1 unspecified atom stereocenters. The van der Waals surface area contributed by atoms with Crippen LogP contribution in [0.15, 0.2) is 30.3 Å². The molecule has 0 saturated heterocycles. The Balaban J connectivity index is 2.51. The molecule has 1 atom stereocenters. The van der Waals surface area contributed by atoms with Crippen molar-refractivity contribution in [3.05, 3.63) is 35.9 Å². The molecule has 0 saturated carbocycles. The normalized spacial score (nSPS) is 12.0. The van der Waals surface area contributed by atoms with Crippen LogP contribution in [0.25, 0.3) is 0 Å². The van der Waals surface area contributed by atoms with E-state index in [1.165, 1.54) is 5.56 Å². The van der Waals surface area contributed by atoms with Gasteiger partial charge in [-0.3, -0.25) is 0 Å². The zero-order valence-electron chi connectivity index (χ0n) is 8.44. The van der Waals surface area contributed by atoms with Gasteiger partial charge >= 0.3 is 0 Å². The van der Waals surface area contributed by atoms with Gasteiger partial charge < -0.3 is 4.74 Å². The molecule has 0 radical (unpaired) electrons. The number of ether oxygens (including phenoxy) is 1. The van der Waals surface area contributed by atoms with E-state index in [-0.39, 0.29) is 6.10 Å². The highest BCUT2D eigenvalue weighted by atomic mass is 16.5. The second-order valence-corrected chi connectivity index (χ2v) is 3.19. The van der Waals surface area contributed by atoms with Crippen LogP contribution in [-0.2, 0) is 4.74 Å². The van der Waals surface area contributed by atoms with Crippen molar-refractivity contribution in [3.63, 3.8) is 0 Å². The molecule has 0 amide bonds. The molecule has 2 nitrogen and oxygen atoms in total. The van der Waals surface area contributed by atoms with E-state index in [0.717, 1.165) is 12.8 Å². The minimum absolute atomic E-state index is 0.129. The first-order valence-corrected chi connectivity index (χ1v) is 4.83. The van der Waals surface area contributed by atoms with E-state index in [0.29, 0.717) is 6.42 Å². The molecule has 1 rings (SSSR count). The fourth-order valence-corrected chi connectivity index (χ4v) is 1.45. The smallest absolute Gasteiger partial charge is 0.0821 e. The third-order valence-corrected chi connectivity index (χ3v) is 2.21. The van der Waals surface area contributed by atoms with Crippen molar-refractivity contribution in [2.75, 3.05) is 7.11 Å². The third kappa shape index (κ3) is 3.20. The molecule has 74 valence electrons. The molecule has 0 N–H and O–H groups in total. The standard InChI is InChI=1S/C12H15NO/c1-14-12(9-5-6-10-13)11-7-3-2-4-8-11/h2-4,7-8,12H,5-6,9H2,1H3. The highest BCUT2D eigenvalue weighted by molar-refractivity contribution is 5.17. The number of methoxy groups -OCH3 is 1. The van der Waals surface area contributed by atoms with Crippen LogP contribution < -0.4 is 0 Å². The summed E-state index contributed by atoms with van der Waals surface area (Å²) in [5.74, 6) is 0. The summed E-state index contributed by atoms with van der Waals surface area (Å²) in [7, 11) is 1.71. The lowest BCUT2D eigenvalue weighted by Gasteiger charge is -2.14. The minimum atomic E-state index is 0.129. The van der Waals surface area contributed by atoms with Gasteiger partial charge in [-0.1, -0.05) is 30.3 Å². The van der Waals surface area contributed by atoms with Gasteiger partial charge in [0.1, 0.15) is 0 Å². The molecule has 0 aliphatic rings. The molecule has 1 aromatic carbocycles. The molecular formula is C12H15NO. The summed E-state index contributed by atoms with van der Waals surface area (Å²) in [5, 5.41) is 8.43. The van der Waals surface area contributed by atoms with E-state index in [9.17, 15) is 0 Å². The van der Waals surface area contributed by atoms with Crippen molar-refractivity contribution in [1.82, 2.24) is 0 Å². The number of nitrogens with zero attached hydrogens (tertiary/aromatic N) is 1. The van der Waals surface area contributed by atoms with Gasteiger partial charge in [-0.2, -0.15) is 5.26 Å². The predicted molar refractivity (Wildman–Crippen MR) is 55.7 cm³/mol. The highest BCUT2D eigenvalue weighted by Gasteiger charge is 2.08. The summed E-state index contributed by atoms with van der Waals surface area (Å²) in [6.45, 7) is 0. The van der Waals surface area contributed by atoms with E-state index in [2.05, 4.69) is 18.2 Å². The fraction of sp³-hybridized carbons (Fsp3) is 0.417. The van der Waals surface area contributed by atoms with Gasteiger partial charge in [0.2, 0.25) is 0 Å². The first-order valence-electron chi connectivity index (χ1n) is 4.83. The van der Waals surface area contributed by atoms with Crippen molar-refractivity contribution in [2.45, 2.75) is 25.4 Å². The van der Waals surface area contributed by atoms with E-state index in [1.54, 1.807) is 7.11 Å². The van der Waals surface area contributed by atoms with Gasteiger partial charge in [-0.15, -0.1) is 0 Å². The van der Waals surface area contributed by atoms with Crippen LogP contribution in [-0.4, -0.2) is 7.11 Å². The first kappa shape index (κ1) is 10.7. The second kappa shape index (κ2) is 6.17. The fourth-order valence-electron chi connectivity index (χ4n) is 1.45. The number of hydrogen-bond donors (Lipinski definition) is 0. The lowest BCUT2D eigenvalue weighted by molar-refractivity contribution is 0.0941. The van der Waals surface area contributed by atoms with Crippen molar-refractivity contribution >= 4 is 0 Å². The average Bonchev–Trinajstić information content (AvgIpc) is 2.26. The van der Waals surface area contributed by atoms with E-state index < -0.39 is 0 Å². The molecule has 0 heterocycles. The zero-order valence-corrected chi connectivity index (χ0v) is 8.44. The Morgan fingerprint density at radius 2 is 2.07 bits per heavy atom. The van der Waals surface area contributed by atoms with Gasteiger partial charge in [0, 0.05) is 13.5 Å². The first-order chi connectivity index (χ1) is 6.88. The predicted octanol–water partition coefficient (Wildman–Crippen LogP) is 3.07. The minimum Gasteiger partial charge on any atom is -0.377 e. The lowest BCUT2D eigenvalue weighted by atomic mass is 10.0. The van der Waals surface area contributed by atoms with Crippen molar-refractivity contribution < 1.29 is 4.74 Å². The summed E-state index contributed by atoms with van der Waals surface area (Å²) in [4.78, 5) is 0. The van der Waals surface area contributed by atoms with E-state index in [4.69, 9.17) is 10.00 Å². The summed E-state index contributed by atoms with van der Waals surface area (Å²) < 4.78 is 5.37. The van der Waals surface area contributed by atoms with Gasteiger partial charge in [-0.25, -0.2) is 0 Å². The molecule has 1 aromatic rings. The van der Waals surface area contributed by atoms with Crippen LogP contribution in [0.1, 0.15) is 30.9 Å². The van der Waals surface area contributed by atoms with Gasteiger partial charge in [0.25, 0.3) is 0 Å². The molecule has 0 aliphatic heterocycles. The Morgan fingerprint density at radius 1 is 1.36 bits per heavy atom. The molecule has 0 bridgehead atoms. The van der Waals surface area contributed by atoms with Crippen molar-refractivity contribution in [1.29, 1.82) is 5.26 Å². The Kier molecular flexibility index (Phi) is 4.74. The Labute approximate surface area is 85.1 Å². The highest BCUT2D eigenvalue weighted by Crippen LogP contribution is 2.21. The van der Waals surface area contributed by atoms with Gasteiger partial charge in [0.05, 0.1) is 12.2 Å². The number of nitriles is 1. The quantitative estimate of drug-likeness (QED) is 0.667. The number of unbranched alkanes of at least 4 members (excludes halogenated alkanes) is 1. The molecule has 0 spiro atoms. The number of rotatable bonds is 5. The maximum absolute atomic E-state index is 8.43. The molecule has 0 aromatic heterocycles. The Morgan fingerprint density at radius 3 is 2.64 bits per heavy atom. The Bertz CT molecular complexity index is 289. The third-order valence-electron chi connectivity index (χ3n) is 2.21. The topological polar surface area (TPSA) is 33.0 Å². The zero-order chi connectivity index (χ0) is 10.2. The number of hydrogen-bond acceptors (Lipinski definition) is 2. The van der Waals surface area contributed by atoms with Crippen LogP contribution in [0.3, 0.4) is 0 Å².